The van der Waals surface area contributed by atoms with E-state index < -0.39 is 0 Å². The first-order chi connectivity index (χ1) is 10.7. The van der Waals surface area contributed by atoms with E-state index in [0.717, 1.165) is 21.6 Å². The molecule has 1 fully saturated rings. The minimum absolute atomic E-state index is 0.462. The smallest absolute Gasteiger partial charge is 0.0737 e. The first kappa shape index (κ1) is 15.6. The Morgan fingerprint density at radius 3 is 2.91 bits per heavy atom. The quantitative estimate of drug-likeness (QED) is 0.846. The molecule has 1 aliphatic heterocycles. The summed E-state index contributed by atoms with van der Waals surface area (Å²) in [4.78, 5) is 6.97. The van der Waals surface area contributed by atoms with Gasteiger partial charge in [-0.05, 0) is 76.5 Å². The van der Waals surface area contributed by atoms with Crippen LogP contribution in [0.15, 0.2) is 30.5 Å². The van der Waals surface area contributed by atoms with E-state index in [1.807, 2.05) is 30.5 Å². The first-order valence-electron chi connectivity index (χ1n) is 8.25. The summed E-state index contributed by atoms with van der Waals surface area (Å²) < 4.78 is 0. The predicted molar refractivity (Wildman–Crippen MR) is 94.7 cm³/mol. The van der Waals surface area contributed by atoms with E-state index in [1.165, 1.54) is 45.3 Å². The topological polar surface area (TPSA) is 28.2 Å². The molecule has 3 nitrogen and oxygen atoms in total. The molecule has 1 atom stereocenters. The van der Waals surface area contributed by atoms with Crippen LogP contribution in [0.1, 0.15) is 32.6 Å². The van der Waals surface area contributed by atoms with Gasteiger partial charge in [0.25, 0.3) is 0 Å². The van der Waals surface area contributed by atoms with Crippen molar-refractivity contribution in [3.63, 3.8) is 0 Å². The van der Waals surface area contributed by atoms with Gasteiger partial charge in [-0.15, -0.1) is 0 Å². The lowest BCUT2D eigenvalue weighted by atomic mass is 10.1. The molecule has 2 aromatic rings. The van der Waals surface area contributed by atoms with E-state index in [1.54, 1.807) is 0 Å². The van der Waals surface area contributed by atoms with Crippen molar-refractivity contribution < 1.29 is 0 Å². The van der Waals surface area contributed by atoms with Crippen LogP contribution in [0.3, 0.4) is 0 Å². The van der Waals surface area contributed by atoms with Crippen LogP contribution in [-0.4, -0.2) is 35.6 Å². The molecule has 0 spiro atoms. The van der Waals surface area contributed by atoms with Crippen molar-refractivity contribution in [3.05, 3.63) is 35.5 Å². The fourth-order valence-corrected chi connectivity index (χ4v) is 3.38. The third-order valence-corrected chi connectivity index (χ3v) is 4.65. The Hall–Kier alpha value is -1.32. The van der Waals surface area contributed by atoms with Gasteiger partial charge in [-0.25, -0.2) is 0 Å². The molecule has 0 unspecified atom stereocenters. The van der Waals surface area contributed by atoms with Gasteiger partial charge in [0.05, 0.1) is 5.52 Å². The average molecular weight is 318 g/mol. The summed E-state index contributed by atoms with van der Waals surface area (Å²) in [5.41, 5.74) is 2.09. The number of halogens is 1. The average Bonchev–Trinajstić information content (AvgIpc) is 3.00. The zero-order valence-electron chi connectivity index (χ0n) is 13.2. The number of hydrogen-bond donors (Lipinski definition) is 1. The Kier molecular flexibility index (Phi) is 5.16. The van der Waals surface area contributed by atoms with Gasteiger partial charge in [0.2, 0.25) is 0 Å². The van der Waals surface area contributed by atoms with Crippen LogP contribution in [0.4, 0.5) is 5.69 Å². The summed E-state index contributed by atoms with van der Waals surface area (Å²) in [7, 11) is 0. The normalized spacial score (nSPS) is 17.0. The van der Waals surface area contributed by atoms with Crippen molar-refractivity contribution in [1.29, 1.82) is 0 Å². The van der Waals surface area contributed by atoms with Gasteiger partial charge in [0, 0.05) is 28.3 Å². The van der Waals surface area contributed by atoms with Gasteiger partial charge >= 0.3 is 0 Å². The second-order valence-electron chi connectivity index (χ2n) is 6.26. The highest BCUT2D eigenvalue weighted by Crippen LogP contribution is 2.25. The van der Waals surface area contributed by atoms with Gasteiger partial charge in [-0.3, -0.25) is 4.98 Å². The number of benzene rings is 1. The summed E-state index contributed by atoms with van der Waals surface area (Å²) in [6, 6.07) is 8.40. The molecule has 1 saturated heterocycles. The minimum atomic E-state index is 0.462. The number of aromatic nitrogens is 1. The molecule has 1 aliphatic rings. The number of rotatable bonds is 6. The van der Waals surface area contributed by atoms with E-state index >= 15 is 0 Å². The zero-order valence-corrected chi connectivity index (χ0v) is 13.9. The van der Waals surface area contributed by atoms with Crippen LogP contribution in [0.2, 0.25) is 5.02 Å². The molecule has 0 saturated carbocycles. The van der Waals surface area contributed by atoms with Crippen molar-refractivity contribution in [2.24, 2.45) is 0 Å². The third kappa shape index (κ3) is 3.90. The Morgan fingerprint density at radius 2 is 2.09 bits per heavy atom. The number of anilines is 1. The van der Waals surface area contributed by atoms with Crippen LogP contribution in [0, 0.1) is 0 Å². The second-order valence-corrected chi connectivity index (χ2v) is 6.69. The van der Waals surface area contributed by atoms with Crippen LogP contribution < -0.4 is 5.32 Å². The monoisotopic (exact) mass is 317 g/mol. The highest BCUT2D eigenvalue weighted by atomic mass is 35.5. The van der Waals surface area contributed by atoms with Crippen LogP contribution in [0.5, 0.6) is 0 Å². The summed E-state index contributed by atoms with van der Waals surface area (Å²) in [5.74, 6) is 0. The van der Waals surface area contributed by atoms with Crippen LogP contribution in [-0.2, 0) is 0 Å². The van der Waals surface area contributed by atoms with Gasteiger partial charge in [0.15, 0.2) is 0 Å². The van der Waals surface area contributed by atoms with Gasteiger partial charge in [0.1, 0.15) is 0 Å². The van der Waals surface area contributed by atoms with Crippen LogP contribution in [0.25, 0.3) is 10.9 Å². The molecule has 1 aromatic heterocycles. The van der Waals surface area contributed by atoms with Crippen molar-refractivity contribution in [2.75, 3.05) is 25.0 Å². The first-order valence-corrected chi connectivity index (χ1v) is 8.63. The lowest BCUT2D eigenvalue weighted by molar-refractivity contribution is 0.327. The third-order valence-electron chi connectivity index (χ3n) is 4.42. The summed E-state index contributed by atoms with van der Waals surface area (Å²) >= 11 is 6.04. The Bertz CT molecular complexity index is 623. The molecular formula is C18H24ClN3. The fraction of sp³-hybridized carbons (Fsp3) is 0.500. The van der Waals surface area contributed by atoms with Gasteiger partial charge < -0.3 is 10.2 Å². The van der Waals surface area contributed by atoms with E-state index in [-0.39, 0.29) is 0 Å². The molecule has 3 rings (SSSR count). The largest absolute Gasteiger partial charge is 0.382 e. The molecule has 0 bridgehead atoms. The van der Waals surface area contributed by atoms with Gasteiger partial charge in [-0.1, -0.05) is 11.6 Å². The number of hydrogen-bond acceptors (Lipinski definition) is 3. The second kappa shape index (κ2) is 7.30. The van der Waals surface area contributed by atoms with E-state index in [9.17, 15) is 0 Å². The SMILES string of the molecule is C[C@H](CCCN1CCCC1)Nc1ccnc2cc(Cl)ccc12. The maximum Gasteiger partial charge on any atom is 0.0737 e. The van der Waals surface area contributed by atoms with E-state index in [4.69, 9.17) is 11.6 Å². The molecule has 4 heteroatoms. The Labute approximate surface area is 137 Å². The van der Waals surface area contributed by atoms with Gasteiger partial charge in [-0.2, -0.15) is 0 Å². The molecule has 1 N–H and O–H groups in total. The molecule has 1 aromatic carbocycles. The molecule has 22 heavy (non-hydrogen) atoms. The maximum atomic E-state index is 6.04. The molecular weight excluding hydrogens is 294 g/mol. The highest BCUT2D eigenvalue weighted by molar-refractivity contribution is 6.31. The maximum absolute atomic E-state index is 6.04. The minimum Gasteiger partial charge on any atom is -0.382 e. The summed E-state index contributed by atoms with van der Waals surface area (Å²) in [5, 5.41) is 5.50. The molecule has 118 valence electrons. The predicted octanol–water partition coefficient (Wildman–Crippen LogP) is 4.56. The molecule has 0 amide bonds. The molecule has 0 radical (unpaired) electrons. The van der Waals surface area contributed by atoms with Crippen molar-refractivity contribution in [3.8, 4) is 0 Å². The number of likely N-dealkylation sites (tertiary alicyclic amines) is 1. The number of pyridine rings is 1. The molecule has 2 heterocycles. The lowest BCUT2D eigenvalue weighted by Gasteiger charge is -2.19. The molecule has 0 aliphatic carbocycles. The lowest BCUT2D eigenvalue weighted by Crippen LogP contribution is -2.23. The van der Waals surface area contributed by atoms with E-state index in [0.29, 0.717) is 6.04 Å². The highest BCUT2D eigenvalue weighted by Gasteiger charge is 2.12. The number of fused-ring (bicyclic) bond motifs is 1. The Balaban J connectivity index is 1.57. The van der Waals surface area contributed by atoms with Crippen molar-refractivity contribution in [2.45, 2.75) is 38.6 Å². The summed E-state index contributed by atoms with van der Waals surface area (Å²) in [6.07, 6.45) is 7.04. The van der Waals surface area contributed by atoms with Crippen molar-refractivity contribution >= 4 is 28.2 Å². The zero-order chi connectivity index (χ0) is 15.4. The van der Waals surface area contributed by atoms with Crippen molar-refractivity contribution in [1.82, 2.24) is 9.88 Å². The Morgan fingerprint density at radius 1 is 1.27 bits per heavy atom. The van der Waals surface area contributed by atoms with Crippen LogP contribution >= 0.6 is 11.6 Å². The fourth-order valence-electron chi connectivity index (χ4n) is 3.21. The number of nitrogens with one attached hydrogen (secondary N) is 1. The van der Waals surface area contributed by atoms with E-state index in [2.05, 4.69) is 22.1 Å². The summed E-state index contributed by atoms with van der Waals surface area (Å²) in [6.45, 7) is 6.07. The number of nitrogens with zero attached hydrogens (tertiary/aromatic N) is 2. The standard InChI is InChI=1S/C18H24ClN3/c1-14(5-4-12-22-10-2-3-11-22)21-17-8-9-20-18-13-15(19)6-7-16(17)18/h6-9,13-14H,2-5,10-12H2,1H3,(H,20,21)/t14-/m1/s1.